The van der Waals surface area contributed by atoms with Crippen LogP contribution in [0.15, 0.2) is 80.8 Å². The van der Waals surface area contributed by atoms with Gasteiger partial charge in [0, 0.05) is 32.7 Å². The van der Waals surface area contributed by atoms with E-state index >= 15 is 0 Å². The van der Waals surface area contributed by atoms with Crippen LogP contribution in [0.1, 0.15) is 21.9 Å². The first-order valence-corrected chi connectivity index (χ1v) is 11.4. The van der Waals surface area contributed by atoms with Crippen LogP contribution in [0, 0.1) is 0 Å². The highest BCUT2D eigenvalue weighted by Gasteiger charge is 2.24. The van der Waals surface area contributed by atoms with E-state index in [0.717, 1.165) is 36.5 Å². The summed E-state index contributed by atoms with van der Waals surface area (Å²) >= 11 is 1.46. The minimum atomic E-state index is -0.0440. The number of fused-ring (bicyclic) bond motifs is 1. The second-order valence-electron chi connectivity index (χ2n) is 7.56. The van der Waals surface area contributed by atoms with Gasteiger partial charge in [-0.2, -0.15) is 0 Å². The number of piperazine rings is 1. The van der Waals surface area contributed by atoms with Crippen LogP contribution >= 0.6 is 11.8 Å². The SMILES string of the molecule is O=C(c1ccc(CSc2nc3ccccc3o2)o1)N1CCN(Cc2ccccc2)CC1. The molecular weight excluding hydrogens is 410 g/mol. The molecule has 0 bridgehead atoms. The van der Waals surface area contributed by atoms with Gasteiger partial charge in [0.1, 0.15) is 11.3 Å². The van der Waals surface area contributed by atoms with Gasteiger partial charge in [0.25, 0.3) is 11.1 Å². The summed E-state index contributed by atoms with van der Waals surface area (Å²) in [5.41, 5.74) is 2.91. The molecule has 0 saturated carbocycles. The van der Waals surface area contributed by atoms with Gasteiger partial charge in [-0.3, -0.25) is 9.69 Å². The Morgan fingerprint density at radius 3 is 2.48 bits per heavy atom. The Morgan fingerprint density at radius 1 is 0.903 bits per heavy atom. The van der Waals surface area contributed by atoms with Gasteiger partial charge < -0.3 is 13.7 Å². The Labute approximate surface area is 184 Å². The van der Waals surface area contributed by atoms with Crippen molar-refractivity contribution < 1.29 is 13.6 Å². The first-order chi connectivity index (χ1) is 15.2. The maximum absolute atomic E-state index is 12.8. The number of carbonyl (C=O) groups excluding carboxylic acids is 1. The molecule has 0 aliphatic carbocycles. The van der Waals surface area contributed by atoms with Crippen LogP contribution < -0.4 is 0 Å². The van der Waals surface area contributed by atoms with Crippen LogP contribution in [0.4, 0.5) is 0 Å². The van der Waals surface area contributed by atoms with Gasteiger partial charge in [-0.1, -0.05) is 54.2 Å². The lowest BCUT2D eigenvalue weighted by Gasteiger charge is -2.34. The second kappa shape index (κ2) is 8.99. The van der Waals surface area contributed by atoms with Crippen LogP contribution in [0.25, 0.3) is 11.1 Å². The van der Waals surface area contributed by atoms with Crippen molar-refractivity contribution in [2.24, 2.45) is 0 Å². The van der Waals surface area contributed by atoms with E-state index in [1.807, 2.05) is 41.3 Å². The highest BCUT2D eigenvalue weighted by molar-refractivity contribution is 7.98. The van der Waals surface area contributed by atoms with Crippen molar-refractivity contribution in [3.05, 3.63) is 83.8 Å². The fraction of sp³-hybridized carbons (Fsp3) is 0.250. The van der Waals surface area contributed by atoms with Crippen LogP contribution in [0.5, 0.6) is 0 Å². The number of hydrogen-bond acceptors (Lipinski definition) is 6. The molecule has 1 saturated heterocycles. The second-order valence-corrected chi connectivity index (χ2v) is 8.48. The number of furan rings is 1. The number of oxazole rings is 1. The van der Waals surface area contributed by atoms with Gasteiger partial charge in [0.05, 0.1) is 5.75 Å². The molecule has 0 spiro atoms. The molecule has 3 heterocycles. The molecular formula is C24H23N3O3S. The number of thioether (sulfide) groups is 1. The van der Waals surface area contributed by atoms with Crippen molar-refractivity contribution in [3.8, 4) is 0 Å². The molecule has 0 atom stereocenters. The predicted octanol–water partition coefficient (Wildman–Crippen LogP) is 4.67. The van der Waals surface area contributed by atoms with Crippen molar-refractivity contribution in [2.75, 3.05) is 26.2 Å². The third-order valence-corrected chi connectivity index (χ3v) is 6.24. The lowest BCUT2D eigenvalue weighted by Crippen LogP contribution is -2.48. The van der Waals surface area contributed by atoms with E-state index in [-0.39, 0.29) is 5.91 Å². The monoisotopic (exact) mass is 433 g/mol. The summed E-state index contributed by atoms with van der Waals surface area (Å²) in [6.07, 6.45) is 0. The molecule has 0 radical (unpaired) electrons. The number of aromatic nitrogens is 1. The minimum absolute atomic E-state index is 0.0440. The number of amides is 1. The van der Waals surface area contributed by atoms with Gasteiger partial charge in [-0.15, -0.1) is 0 Å². The molecule has 1 aliphatic rings. The van der Waals surface area contributed by atoms with Crippen molar-refractivity contribution in [3.63, 3.8) is 0 Å². The molecule has 7 heteroatoms. The first-order valence-electron chi connectivity index (χ1n) is 10.4. The zero-order valence-electron chi connectivity index (χ0n) is 17.1. The van der Waals surface area contributed by atoms with E-state index in [1.165, 1.54) is 17.3 Å². The maximum atomic E-state index is 12.8. The lowest BCUT2D eigenvalue weighted by molar-refractivity contribution is 0.0596. The highest BCUT2D eigenvalue weighted by atomic mass is 32.2. The van der Waals surface area contributed by atoms with E-state index in [0.29, 0.717) is 29.8 Å². The molecule has 0 unspecified atom stereocenters. The number of nitrogens with zero attached hydrogens (tertiary/aromatic N) is 3. The summed E-state index contributed by atoms with van der Waals surface area (Å²) in [7, 11) is 0. The Balaban J connectivity index is 1.14. The average molecular weight is 434 g/mol. The van der Waals surface area contributed by atoms with Crippen molar-refractivity contribution in [2.45, 2.75) is 17.5 Å². The van der Waals surface area contributed by atoms with Crippen LogP contribution in [0.2, 0.25) is 0 Å². The molecule has 4 aromatic rings. The van der Waals surface area contributed by atoms with Crippen molar-refractivity contribution in [1.29, 1.82) is 0 Å². The van der Waals surface area contributed by atoms with Gasteiger partial charge >= 0.3 is 0 Å². The van der Waals surface area contributed by atoms with Gasteiger partial charge in [0.15, 0.2) is 11.3 Å². The van der Waals surface area contributed by atoms with Gasteiger partial charge in [0.2, 0.25) is 0 Å². The number of benzene rings is 2. The van der Waals surface area contributed by atoms with Crippen molar-refractivity contribution >= 4 is 28.8 Å². The Kier molecular flexibility index (Phi) is 5.78. The smallest absolute Gasteiger partial charge is 0.289 e. The molecule has 31 heavy (non-hydrogen) atoms. The molecule has 1 aliphatic heterocycles. The van der Waals surface area contributed by atoms with Crippen LogP contribution in [0.3, 0.4) is 0 Å². The van der Waals surface area contributed by atoms with E-state index in [2.05, 4.69) is 34.1 Å². The average Bonchev–Trinajstić information content (AvgIpc) is 3.45. The quantitative estimate of drug-likeness (QED) is 0.412. The summed E-state index contributed by atoms with van der Waals surface area (Å²) < 4.78 is 11.5. The lowest BCUT2D eigenvalue weighted by atomic mass is 10.2. The highest BCUT2D eigenvalue weighted by Crippen LogP contribution is 2.27. The summed E-state index contributed by atoms with van der Waals surface area (Å²) in [6, 6.07) is 21.7. The normalized spacial score (nSPS) is 14.9. The Morgan fingerprint density at radius 2 is 1.68 bits per heavy atom. The van der Waals surface area contributed by atoms with E-state index < -0.39 is 0 Å². The number of carbonyl (C=O) groups is 1. The fourth-order valence-corrected chi connectivity index (χ4v) is 4.46. The molecule has 2 aromatic carbocycles. The van der Waals surface area contributed by atoms with Crippen molar-refractivity contribution in [1.82, 2.24) is 14.8 Å². The van der Waals surface area contributed by atoms with Crippen LogP contribution in [-0.4, -0.2) is 46.9 Å². The molecule has 5 rings (SSSR count). The molecule has 0 N–H and O–H groups in total. The third kappa shape index (κ3) is 4.68. The molecule has 158 valence electrons. The number of rotatable bonds is 6. The first kappa shape index (κ1) is 19.9. The molecule has 6 nitrogen and oxygen atoms in total. The fourth-order valence-electron chi connectivity index (χ4n) is 3.72. The summed E-state index contributed by atoms with van der Waals surface area (Å²) in [5.74, 6) is 1.64. The minimum Gasteiger partial charge on any atom is -0.455 e. The number of para-hydroxylation sites is 2. The van der Waals surface area contributed by atoms with E-state index in [4.69, 9.17) is 8.83 Å². The maximum Gasteiger partial charge on any atom is 0.289 e. The number of hydrogen-bond donors (Lipinski definition) is 0. The Hall–Kier alpha value is -3.03. The summed E-state index contributed by atoms with van der Waals surface area (Å²) in [4.78, 5) is 21.6. The van der Waals surface area contributed by atoms with Gasteiger partial charge in [-0.25, -0.2) is 4.98 Å². The standard InChI is InChI=1S/C24H23N3O3S/c28-23(27-14-12-26(13-15-27)16-18-6-2-1-3-7-18)22-11-10-19(29-22)17-31-24-25-20-8-4-5-9-21(20)30-24/h1-11H,12-17H2. The predicted molar refractivity (Wildman–Crippen MR) is 120 cm³/mol. The Bertz CT molecular complexity index is 1130. The molecule has 1 fully saturated rings. The summed E-state index contributed by atoms with van der Waals surface area (Å²) in [6.45, 7) is 4.06. The van der Waals surface area contributed by atoms with E-state index in [1.54, 1.807) is 6.07 Å². The largest absolute Gasteiger partial charge is 0.455 e. The third-order valence-electron chi connectivity index (χ3n) is 5.39. The summed E-state index contributed by atoms with van der Waals surface area (Å²) in [5, 5.41) is 0.597. The zero-order chi connectivity index (χ0) is 21.0. The molecule has 1 amide bonds. The topological polar surface area (TPSA) is 62.7 Å². The zero-order valence-corrected chi connectivity index (χ0v) is 17.9. The molecule has 2 aromatic heterocycles. The van der Waals surface area contributed by atoms with E-state index in [9.17, 15) is 4.79 Å². The van der Waals surface area contributed by atoms with Crippen LogP contribution in [-0.2, 0) is 12.3 Å². The van der Waals surface area contributed by atoms with Gasteiger partial charge in [-0.05, 0) is 29.8 Å².